The van der Waals surface area contributed by atoms with Gasteiger partial charge in [0.2, 0.25) is 5.91 Å². The SMILES string of the molecule is CCc1ccc(OC(C)C(=O)N2CCN(C(=O)CC(C)N)CC2)cc1.Cl. The molecular formula is C19H30ClN3O3. The number of carbonyl (C=O) groups is 2. The molecule has 26 heavy (non-hydrogen) atoms. The van der Waals surface area contributed by atoms with E-state index in [0.717, 1.165) is 6.42 Å². The third-order valence-electron chi connectivity index (χ3n) is 4.43. The van der Waals surface area contributed by atoms with Crippen molar-refractivity contribution in [3.05, 3.63) is 29.8 Å². The lowest BCUT2D eigenvalue weighted by Crippen LogP contribution is -2.53. The van der Waals surface area contributed by atoms with Crippen molar-refractivity contribution in [3.8, 4) is 5.75 Å². The van der Waals surface area contributed by atoms with Crippen LogP contribution >= 0.6 is 12.4 Å². The smallest absolute Gasteiger partial charge is 0.263 e. The number of piperazine rings is 1. The molecule has 1 aliphatic rings. The summed E-state index contributed by atoms with van der Waals surface area (Å²) in [4.78, 5) is 28.1. The fraction of sp³-hybridized carbons (Fsp3) is 0.579. The molecule has 1 aromatic carbocycles. The van der Waals surface area contributed by atoms with Crippen LogP contribution in [0.2, 0.25) is 0 Å². The number of amides is 2. The van der Waals surface area contributed by atoms with E-state index in [-0.39, 0.29) is 30.3 Å². The van der Waals surface area contributed by atoms with Gasteiger partial charge < -0.3 is 20.3 Å². The molecule has 2 rings (SSSR count). The molecule has 0 radical (unpaired) electrons. The van der Waals surface area contributed by atoms with Crippen LogP contribution in [-0.4, -0.2) is 59.9 Å². The van der Waals surface area contributed by atoms with Gasteiger partial charge in [-0.2, -0.15) is 0 Å². The molecule has 0 bridgehead atoms. The summed E-state index contributed by atoms with van der Waals surface area (Å²) in [5.74, 6) is 0.713. The molecule has 0 aromatic heterocycles. The molecule has 0 saturated carbocycles. The number of nitrogens with two attached hydrogens (primary N) is 1. The Balaban J connectivity index is 0.00000338. The minimum Gasteiger partial charge on any atom is -0.481 e. The van der Waals surface area contributed by atoms with Gasteiger partial charge in [-0.25, -0.2) is 0 Å². The van der Waals surface area contributed by atoms with Crippen LogP contribution in [0.25, 0.3) is 0 Å². The van der Waals surface area contributed by atoms with E-state index in [1.165, 1.54) is 5.56 Å². The zero-order valence-electron chi connectivity index (χ0n) is 15.8. The van der Waals surface area contributed by atoms with Crippen LogP contribution in [-0.2, 0) is 16.0 Å². The molecule has 7 heteroatoms. The Labute approximate surface area is 162 Å². The molecule has 146 valence electrons. The zero-order valence-corrected chi connectivity index (χ0v) is 16.6. The van der Waals surface area contributed by atoms with E-state index in [9.17, 15) is 9.59 Å². The fourth-order valence-corrected chi connectivity index (χ4v) is 2.90. The summed E-state index contributed by atoms with van der Waals surface area (Å²) in [5, 5.41) is 0. The molecule has 1 aromatic rings. The maximum Gasteiger partial charge on any atom is 0.263 e. The maximum absolute atomic E-state index is 12.6. The van der Waals surface area contributed by atoms with Gasteiger partial charge in [0.05, 0.1) is 0 Å². The summed E-state index contributed by atoms with van der Waals surface area (Å²) in [6, 6.07) is 7.67. The third-order valence-corrected chi connectivity index (χ3v) is 4.43. The lowest BCUT2D eigenvalue weighted by atomic mass is 10.2. The Hall–Kier alpha value is -1.79. The molecule has 2 N–H and O–H groups in total. The van der Waals surface area contributed by atoms with E-state index in [1.54, 1.807) is 16.7 Å². The highest BCUT2D eigenvalue weighted by molar-refractivity contribution is 5.85. The van der Waals surface area contributed by atoms with Gasteiger partial charge in [0.25, 0.3) is 5.91 Å². The highest BCUT2D eigenvalue weighted by Crippen LogP contribution is 2.16. The standard InChI is InChI=1S/C19H29N3O3.ClH/c1-4-16-5-7-17(8-6-16)25-15(3)19(24)22-11-9-21(10-12-22)18(23)13-14(2)20;/h5-8,14-15H,4,9-13,20H2,1-3H3;1H. The van der Waals surface area contributed by atoms with Gasteiger partial charge in [-0.15, -0.1) is 12.4 Å². The van der Waals surface area contributed by atoms with Gasteiger partial charge in [-0.3, -0.25) is 9.59 Å². The van der Waals surface area contributed by atoms with E-state index in [4.69, 9.17) is 10.5 Å². The summed E-state index contributed by atoms with van der Waals surface area (Å²) in [6.07, 6.45) is 0.779. The van der Waals surface area contributed by atoms with Crippen LogP contribution in [0, 0.1) is 0 Å². The number of hydrogen-bond acceptors (Lipinski definition) is 4. The normalized spacial score (nSPS) is 16.5. The number of benzene rings is 1. The molecule has 1 heterocycles. The molecule has 2 atom stereocenters. The first-order valence-corrected chi connectivity index (χ1v) is 8.98. The predicted octanol–water partition coefficient (Wildman–Crippen LogP) is 1.85. The van der Waals surface area contributed by atoms with E-state index >= 15 is 0 Å². The van der Waals surface area contributed by atoms with Crippen LogP contribution in [0.3, 0.4) is 0 Å². The average Bonchev–Trinajstić information content (AvgIpc) is 2.61. The molecule has 0 spiro atoms. The third kappa shape index (κ3) is 6.18. The van der Waals surface area contributed by atoms with E-state index in [2.05, 4.69) is 6.92 Å². The lowest BCUT2D eigenvalue weighted by Gasteiger charge is -2.36. The Kier molecular flexibility index (Phi) is 8.88. The molecular weight excluding hydrogens is 354 g/mol. The number of halogens is 1. The van der Waals surface area contributed by atoms with Crippen LogP contribution in [0.4, 0.5) is 0 Å². The Bertz CT molecular complexity index is 584. The Morgan fingerprint density at radius 1 is 1.08 bits per heavy atom. The quantitative estimate of drug-likeness (QED) is 0.813. The number of rotatable bonds is 6. The summed E-state index contributed by atoms with van der Waals surface area (Å²) in [5.41, 5.74) is 6.91. The van der Waals surface area contributed by atoms with Crippen molar-refractivity contribution in [1.82, 2.24) is 9.80 Å². The van der Waals surface area contributed by atoms with Gasteiger partial charge >= 0.3 is 0 Å². The first kappa shape index (κ1) is 22.3. The Morgan fingerprint density at radius 3 is 2.12 bits per heavy atom. The van der Waals surface area contributed by atoms with Crippen molar-refractivity contribution >= 4 is 24.2 Å². The second-order valence-corrected chi connectivity index (χ2v) is 6.65. The average molecular weight is 384 g/mol. The maximum atomic E-state index is 12.6. The molecule has 2 unspecified atom stereocenters. The van der Waals surface area contributed by atoms with Gasteiger partial charge in [-0.1, -0.05) is 19.1 Å². The predicted molar refractivity (Wildman–Crippen MR) is 105 cm³/mol. The fourth-order valence-electron chi connectivity index (χ4n) is 2.90. The highest BCUT2D eigenvalue weighted by atomic mass is 35.5. The molecule has 0 aliphatic carbocycles. The summed E-state index contributed by atoms with van der Waals surface area (Å²) >= 11 is 0. The summed E-state index contributed by atoms with van der Waals surface area (Å²) in [6.45, 7) is 7.86. The van der Waals surface area contributed by atoms with Gasteiger partial charge in [0.1, 0.15) is 5.75 Å². The second-order valence-electron chi connectivity index (χ2n) is 6.65. The second kappa shape index (κ2) is 10.4. The molecule has 6 nitrogen and oxygen atoms in total. The largest absolute Gasteiger partial charge is 0.481 e. The number of aryl methyl sites for hydroxylation is 1. The van der Waals surface area contributed by atoms with Crippen molar-refractivity contribution in [3.63, 3.8) is 0 Å². The molecule has 1 aliphatic heterocycles. The molecule has 1 saturated heterocycles. The number of hydrogen-bond donors (Lipinski definition) is 1. The number of ether oxygens (including phenoxy) is 1. The van der Waals surface area contributed by atoms with E-state index < -0.39 is 6.10 Å². The van der Waals surface area contributed by atoms with Crippen molar-refractivity contribution < 1.29 is 14.3 Å². The van der Waals surface area contributed by atoms with Crippen molar-refractivity contribution in [2.75, 3.05) is 26.2 Å². The van der Waals surface area contributed by atoms with Crippen molar-refractivity contribution in [2.24, 2.45) is 5.73 Å². The molecule has 2 amide bonds. The topological polar surface area (TPSA) is 75.9 Å². The van der Waals surface area contributed by atoms with Crippen molar-refractivity contribution in [2.45, 2.75) is 45.8 Å². The van der Waals surface area contributed by atoms with Crippen LogP contribution in [0.1, 0.15) is 32.8 Å². The van der Waals surface area contributed by atoms with Crippen molar-refractivity contribution in [1.29, 1.82) is 0 Å². The van der Waals surface area contributed by atoms with Crippen LogP contribution in [0.15, 0.2) is 24.3 Å². The number of nitrogens with zero attached hydrogens (tertiary/aromatic N) is 2. The van der Waals surface area contributed by atoms with Crippen LogP contribution in [0.5, 0.6) is 5.75 Å². The summed E-state index contributed by atoms with van der Waals surface area (Å²) < 4.78 is 5.77. The minimum absolute atomic E-state index is 0. The highest BCUT2D eigenvalue weighted by Gasteiger charge is 2.27. The zero-order chi connectivity index (χ0) is 18.4. The van der Waals surface area contributed by atoms with E-state index in [0.29, 0.717) is 38.3 Å². The van der Waals surface area contributed by atoms with Gasteiger partial charge in [0, 0.05) is 38.6 Å². The van der Waals surface area contributed by atoms with Gasteiger partial charge in [-0.05, 0) is 38.0 Å². The van der Waals surface area contributed by atoms with E-state index in [1.807, 2.05) is 31.2 Å². The first-order chi connectivity index (χ1) is 11.9. The van der Waals surface area contributed by atoms with Crippen LogP contribution < -0.4 is 10.5 Å². The number of carbonyl (C=O) groups excluding carboxylic acids is 2. The summed E-state index contributed by atoms with van der Waals surface area (Å²) in [7, 11) is 0. The monoisotopic (exact) mass is 383 g/mol. The Morgan fingerprint density at radius 2 is 1.62 bits per heavy atom. The lowest BCUT2D eigenvalue weighted by molar-refractivity contribution is -0.143. The first-order valence-electron chi connectivity index (χ1n) is 8.98. The minimum atomic E-state index is -0.543. The van der Waals surface area contributed by atoms with Gasteiger partial charge in [0.15, 0.2) is 6.10 Å². The molecule has 1 fully saturated rings.